The predicted molar refractivity (Wildman–Crippen MR) is 79.4 cm³/mol. The molecule has 18 heavy (non-hydrogen) atoms. The summed E-state index contributed by atoms with van der Waals surface area (Å²) in [5.74, 6) is 1.31. The molecular weight excluding hydrogens is 244 g/mol. The third-order valence-electron chi connectivity index (χ3n) is 3.98. The van der Waals surface area contributed by atoms with Crippen LogP contribution in [0.2, 0.25) is 0 Å². The highest BCUT2D eigenvalue weighted by molar-refractivity contribution is 7.99. The van der Waals surface area contributed by atoms with E-state index >= 15 is 0 Å². The van der Waals surface area contributed by atoms with Crippen molar-refractivity contribution >= 4 is 11.8 Å². The van der Waals surface area contributed by atoms with Crippen molar-refractivity contribution in [3.05, 3.63) is 0 Å². The minimum atomic E-state index is 0.531. The fourth-order valence-electron chi connectivity index (χ4n) is 2.85. The maximum atomic E-state index is 5.69. The Labute approximate surface area is 116 Å². The van der Waals surface area contributed by atoms with Crippen molar-refractivity contribution in [1.29, 1.82) is 0 Å². The maximum absolute atomic E-state index is 5.69. The Bertz CT molecular complexity index is 214. The predicted octanol–water partition coefficient (Wildman–Crippen LogP) is 1.97. The van der Waals surface area contributed by atoms with E-state index in [0.29, 0.717) is 6.10 Å². The van der Waals surface area contributed by atoms with Crippen molar-refractivity contribution in [2.24, 2.45) is 0 Å². The zero-order chi connectivity index (χ0) is 12.6. The Morgan fingerprint density at radius 3 is 2.56 bits per heavy atom. The van der Waals surface area contributed by atoms with E-state index in [2.05, 4.69) is 28.9 Å². The first-order valence-electron chi connectivity index (χ1n) is 7.54. The van der Waals surface area contributed by atoms with Gasteiger partial charge >= 0.3 is 0 Å². The zero-order valence-corrected chi connectivity index (χ0v) is 12.5. The van der Waals surface area contributed by atoms with Crippen LogP contribution in [0.15, 0.2) is 0 Å². The van der Waals surface area contributed by atoms with Gasteiger partial charge in [0.05, 0.1) is 6.10 Å². The molecule has 2 rings (SSSR count). The van der Waals surface area contributed by atoms with Gasteiger partial charge in [0.25, 0.3) is 0 Å². The Morgan fingerprint density at radius 1 is 1.17 bits per heavy atom. The van der Waals surface area contributed by atoms with E-state index in [1.165, 1.54) is 64.2 Å². The Balaban J connectivity index is 1.52. The van der Waals surface area contributed by atoms with Crippen molar-refractivity contribution in [2.75, 3.05) is 45.1 Å². The number of nitrogens with one attached hydrogen (secondary N) is 1. The van der Waals surface area contributed by atoms with Crippen LogP contribution in [0.25, 0.3) is 0 Å². The summed E-state index contributed by atoms with van der Waals surface area (Å²) < 4.78 is 5.69. The van der Waals surface area contributed by atoms with Gasteiger partial charge in [-0.15, -0.1) is 0 Å². The summed E-state index contributed by atoms with van der Waals surface area (Å²) in [6.07, 6.45) is 5.70. The summed E-state index contributed by atoms with van der Waals surface area (Å²) in [5.41, 5.74) is 0. The summed E-state index contributed by atoms with van der Waals surface area (Å²) in [6, 6.07) is 0. The fourth-order valence-corrected chi connectivity index (χ4v) is 4.11. The first kappa shape index (κ1) is 14.6. The molecule has 106 valence electrons. The highest BCUT2D eigenvalue weighted by atomic mass is 32.2. The first-order valence-corrected chi connectivity index (χ1v) is 8.59. The molecule has 0 saturated carbocycles. The highest BCUT2D eigenvalue weighted by Gasteiger charge is 2.19. The van der Waals surface area contributed by atoms with Crippen molar-refractivity contribution in [3.8, 4) is 0 Å². The molecule has 2 aliphatic rings. The van der Waals surface area contributed by atoms with E-state index < -0.39 is 0 Å². The minimum Gasteiger partial charge on any atom is -0.378 e. The second kappa shape index (κ2) is 8.41. The normalized spacial score (nSPS) is 24.5. The lowest BCUT2D eigenvalue weighted by Gasteiger charge is -2.32. The lowest BCUT2D eigenvalue weighted by Crippen LogP contribution is -2.38. The molecule has 0 atom stereocenters. The van der Waals surface area contributed by atoms with E-state index in [9.17, 15) is 0 Å². The molecule has 0 aromatic rings. The summed E-state index contributed by atoms with van der Waals surface area (Å²) in [6.45, 7) is 9.15. The van der Waals surface area contributed by atoms with Crippen LogP contribution in [0.5, 0.6) is 0 Å². The Kier molecular flexibility index (Phi) is 6.84. The lowest BCUT2D eigenvalue weighted by atomic mass is 10.1. The Hall–Kier alpha value is 0.230. The van der Waals surface area contributed by atoms with Crippen LogP contribution < -0.4 is 5.32 Å². The van der Waals surface area contributed by atoms with Crippen molar-refractivity contribution < 1.29 is 4.74 Å². The fraction of sp³-hybridized carbons (Fsp3) is 1.00. The van der Waals surface area contributed by atoms with Gasteiger partial charge in [-0.05, 0) is 45.7 Å². The van der Waals surface area contributed by atoms with Gasteiger partial charge < -0.3 is 15.0 Å². The smallest absolute Gasteiger partial charge is 0.0599 e. The summed E-state index contributed by atoms with van der Waals surface area (Å²) in [7, 11) is 0. The van der Waals surface area contributed by atoms with Gasteiger partial charge in [0.1, 0.15) is 0 Å². The van der Waals surface area contributed by atoms with E-state index in [-0.39, 0.29) is 0 Å². The van der Waals surface area contributed by atoms with Crippen LogP contribution in [0, 0.1) is 0 Å². The number of nitrogens with zero attached hydrogens (tertiary/aromatic N) is 1. The minimum absolute atomic E-state index is 0.531. The zero-order valence-electron chi connectivity index (χ0n) is 11.7. The molecule has 1 N–H and O–H groups in total. The molecule has 2 heterocycles. The van der Waals surface area contributed by atoms with Gasteiger partial charge in [0.2, 0.25) is 0 Å². The first-order chi connectivity index (χ1) is 8.88. The number of hydrogen-bond donors (Lipinski definition) is 1. The van der Waals surface area contributed by atoms with Crippen molar-refractivity contribution in [1.82, 2.24) is 10.2 Å². The molecule has 0 bridgehead atoms. The molecule has 2 saturated heterocycles. The molecule has 0 aliphatic carbocycles. The van der Waals surface area contributed by atoms with Gasteiger partial charge in [-0.2, -0.15) is 11.8 Å². The maximum Gasteiger partial charge on any atom is 0.0599 e. The van der Waals surface area contributed by atoms with Gasteiger partial charge in [0, 0.05) is 37.2 Å². The number of hydrogen-bond acceptors (Lipinski definition) is 4. The molecule has 0 unspecified atom stereocenters. The molecule has 0 aromatic heterocycles. The average molecular weight is 272 g/mol. The number of ether oxygens (including phenoxy) is 1. The van der Waals surface area contributed by atoms with Crippen LogP contribution >= 0.6 is 11.8 Å². The van der Waals surface area contributed by atoms with Crippen molar-refractivity contribution in [2.45, 2.75) is 44.0 Å². The van der Waals surface area contributed by atoms with Crippen molar-refractivity contribution in [3.63, 3.8) is 0 Å². The summed E-state index contributed by atoms with van der Waals surface area (Å²) >= 11 is 2.19. The summed E-state index contributed by atoms with van der Waals surface area (Å²) in [4.78, 5) is 2.61. The quantitative estimate of drug-likeness (QED) is 0.799. The van der Waals surface area contributed by atoms with Crippen LogP contribution in [0.1, 0.15) is 32.6 Å². The van der Waals surface area contributed by atoms with Gasteiger partial charge in [-0.25, -0.2) is 0 Å². The topological polar surface area (TPSA) is 24.5 Å². The van der Waals surface area contributed by atoms with Crippen LogP contribution in [-0.2, 0) is 4.74 Å². The Morgan fingerprint density at radius 2 is 1.89 bits per heavy atom. The summed E-state index contributed by atoms with van der Waals surface area (Å²) in [5, 5.41) is 4.34. The second-order valence-corrected chi connectivity index (χ2v) is 6.72. The van der Waals surface area contributed by atoms with E-state index in [4.69, 9.17) is 4.74 Å². The standard InChI is InChI=1S/C14H28N2OS/c1-2-17-13-5-9-16(10-6-13)11-12-18-14-3-7-15-8-4-14/h13-15H,2-12H2,1H3. The molecule has 4 heteroatoms. The third-order valence-corrected chi connectivity index (χ3v) is 5.35. The van der Waals surface area contributed by atoms with Gasteiger partial charge in [-0.1, -0.05) is 0 Å². The van der Waals surface area contributed by atoms with Crippen LogP contribution in [0.3, 0.4) is 0 Å². The largest absolute Gasteiger partial charge is 0.378 e. The number of likely N-dealkylation sites (tertiary alicyclic amines) is 1. The number of thioether (sulfide) groups is 1. The molecule has 2 fully saturated rings. The molecule has 0 aromatic carbocycles. The third kappa shape index (κ3) is 5.08. The van der Waals surface area contributed by atoms with Crippen LogP contribution in [0.4, 0.5) is 0 Å². The lowest BCUT2D eigenvalue weighted by molar-refractivity contribution is 0.0157. The highest BCUT2D eigenvalue weighted by Crippen LogP contribution is 2.21. The molecule has 3 nitrogen and oxygen atoms in total. The average Bonchev–Trinajstić information content (AvgIpc) is 2.42. The molecule has 2 aliphatic heterocycles. The van der Waals surface area contributed by atoms with Crippen LogP contribution in [-0.4, -0.2) is 61.3 Å². The number of rotatable bonds is 6. The molecule has 0 spiro atoms. The van der Waals surface area contributed by atoms with E-state index in [1.54, 1.807) is 0 Å². The van der Waals surface area contributed by atoms with Gasteiger partial charge in [0.15, 0.2) is 0 Å². The number of piperidine rings is 2. The van der Waals surface area contributed by atoms with E-state index in [1.807, 2.05) is 0 Å². The van der Waals surface area contributed by atoms with Gasteiger partial charge in [-0.3, -0.25) is 0 Å². The second-order valence-electron chi connectivity index (χ2n) is 5.32. The molecule has 0 amide bonds. The molecule has 0 radical (unpaired) electrons. The monoisotopic (exact) mass is 272 g/mol. The SMILES string of the molecule is CCOC1CCN(CCSC2CCNCC2)CC1. The molecular formula is C14H28N2OS. The van der Waals surface area contributed by atoms with E-state index in [0.717, 1.165) is 11.9 Å².